The summed E-state index contributed by atoms with van der Waals surface area (Å²) >= 11 is 1.71. The van der Waals surface area contributed by atoms with Crippen LogP contribution in [-0.4, -0.2) is 15.2 Å². The van der Waals surface area contributed by atoms with Crippen LogP contribution in [0.4, 0.5) is 14.5 Å². The first-order chi connectivity index (χ1) is 14.6. The lowest BCUT2D eigenvalue weighted by molar-refractivity contribution is 0.439. The first-order valence-electron chi connectivity index (χ1n) is 9.70. The van der Waals surface area contributed by atoms with Crippen molar-refractivity contribution in [1.29, 1.82) is 0 Å². The van der Waals surface area contributed by atoms with E-state index in [1.54, 1.807) is 11.9 Å². The highest BCUT2D eigenvalue weighted by atomic mass is 32.2. The average molecular weight is 423 g/mol. The standard InChI is InChI=1S/C23H19F2N3OS/c1-13-10-18(17-8-9-26-23(17)27-13)19-12-15(28-30-16-4-5-16)3-7-21(19)29-22-6-2-14(24)11-20(22)25/h2-3,6-12,16,28H,4-5H2,1H3,(H,26,27). The van der Waals surface area contributed by atoms with Crippen molar-refractivity contribution >= 4 is 28.7 Å². The predicted octanol–water partition coefficient (Wildman–Crippen LogP) is 6.83. The summed E-state index contributed by atoms with van der Waals surface area (Å²) < 4.78 is 36.8. The third kappa shape index (κ3) is 3.85. The Morgan fingerprint density at radius 2 is 1.87 bits per heavy atom. The molecule has 4 aromatic rings. The minimum absolute atomic E-state index is 0.0261. The zero-order chi connectivity index (χ0) is 20.7. The van der Waals surface area contributed by atoms with Crippen LogP contribution >= 0.6 is 11.9 Å². The van der Waals surface area contributed by atoms with Crippen molar-refractivity contribution in [2.45, 2.75) is 25.0 Å². The molecule has 4 nitrogen and oxygen atoms in total. The molecule has 5 rings (SSSR count). The van der Waals surface area contributed by atoms with Crippen molar-refractivity contribution < 1.29 is 13.5 Å². The molecule has 2 aromatic heterocycles. The smallest absolute Gasteiger partial charge is 0.168 e. The number of nitrogens with one attached hydrogen (secondary N) is 2. The van der Waals surface area contributed by atoms with Crippen molar-refractivity contribution in [3.63, 3.8) is 0 Å². The molecule has 30 heavy (non-hydrogen) atoms. The summed E-state index contributed by atoms with van der Waals surface area (Å²) in [6.07, 6.45) is 4.29. The fraction of sp³-hybridized carbons (Fsp3) is 0.174. The molecule has 0 unspecified atom stereocenters. The van der Waals surface area contributed by atoms with Crippen molar-refractivity contribution in [2.24, 2.45) is 0 Å². The number of nitrogens with zero attached hydrogens (tertiary/aromatic N) is 1. The maximum Gasteiger partial charge on any atom is 0.168 e. The molecule has 0 radical (unpaired) electrons. The second-order valence-electron chi connectivity index (χ2n) is 7.36. The number of aryl methyl sites for hydroxylation is 1. The second kappa shape index (κ2) is 7.65. The lowest BCUT2D eigenvalue weighted by Crippen LogP contribution is -1.96. The Morgan fingerprint density at radius 1 is 1.03 bits per heavy atom. The summed E-state index contributed by atoms with van der Waals surface area (Å²) in [5, 5.41) is 1.59. The van der Waals surface area contributed by atoms with Crippen LogP contribution in [-0.2, 0) is 0 Å². The van der Waals surface area contributed by atoms with Gasteiger partial charge in [-0.05, 0) is 79.7 Å². The number of halogens is 2. The lowest BCUT2D eigenvalue weighted by Gasteiger charge is -2.15. The van der Waals surface area contributed by atoms with Gasteiger partial charge in [-0.1, -0.05) is 0 Å². The van der Waals surface area contributed by atoms with Crippen LogP contribution in [0.25, 0.3) is 22.2 Å². The predicted molar refractivity (Wildman–Crippen MR) is 117 cm³/mol. The number of benzene rings is 2. The van der Waals surface area contributed by atoms with E-state index in [1.807, 2.05) is 43.5 Å². The van der Waals surface area contributed by atoms with Gasteiger partial charge in [0, 0.05) is 39.8 Å². The van der Waals surface area contributed by atoms with Gasteiger partial charge in [-0.25, -0.2) is 13.8 Å². The van der Waals surface area contributed by atoms with Gasteiger partial charge in [0.25, 0.3) is 0 Å². The van der Waals surface area contributed by atoms with Gasteiger partial charge in [0.05, 0.1) is 0 Å². The van der Waals surface area contributed by atoms with Crippen LogP contribution in [0.5, 0.6) is 11.5 Å². The molecule has 1 saturated carbocycles. The van der Waals surface area contributed by atoms with Gasteiger partial charge in [0.15, 0.2) is 11.6 Å². The van der Waals surface area contributed by atoms with Crippen LogP contribution in [0.1, 0.15) is 18.5 Å². The molecule has 0 atom stereocenters. The number of fused-ring (bicyclic) bond motifs is 1. The van der Waals surface area contributed by atoms with E-state index < -0.39 is 11.6 Å². The molecule has 0 saturated heterocycles. The molecule has 1 fully saturated rings. The van der Waals surface area contributed by atoms with E-state index in [4.69, 9.17) is 4.74 Å². The Hall–Kier alpha value is -3.06. The molecule has 2 N–H and O–H groups in total. The maximum atomic E-state index is 14.2. The number of aromatic amines is 1. The zero-order valence-corrected chi connectivity index (χ0v) is 17.0. The van der Waals surface area contributed by atoms with Gasteiger partial charge in [-0.15, -0.1) is 0 Å². The number of aromatic nitrogens is 2. The first-order valence-corrected chi connectivity index (χ1v) is 10.6. The molecule has 2 aromatic carbocycles. The summed E-state index contributed by atoms with van der Waals surface area (Å²) in [5.41, 5.74) is 4.29. The number of ether oxygens (including phenoxy) is 1. The normalized spacial score (nSPS) is 13.6. The van der Waals surface area contributed by atoms with Gasteiger partial charge in [0.2, 0.25) is 0 Å². The summed E-state index contributed by atoms with van der Waals surface area (Å²) in [4.78, 5) is 7.68. The van der Waals surface area contributed by atoms with E-state index >= 15 is 0 Å². The molecular weight excluding hydrogens is 404 g/mol. The Bertz CT molecular complexity index is 1240. The number of rotatable bonds is 6. The van der Waals surface area contributed by atoms with Crippen molar-refractivity contribution in [3.05, 3.63) is 72.1 Å². The maximum absolute atomic E-state index is 14.2. The highest BCUT2D eigenvalue weighted by Crippen LogP contribution is 2.41. The van der Waals surface area contributed by atoms with Crippen LogP contribution in [0.2, 0.25) is 0 Å². The molecule has 0 bridgehead atoms. The molecule has 1 aliphatic rings. The van der Waals surface area contributed by atoms with Crippen LogP contribution in [0.3, 0.4) is 0 Å². The monoisotopic (exact) mass is 423 g/mol. The van der Waals surface area contributed by atoms with Crippen LogP contribution in [0, 0.1) is 18.6 Å². The topological polar surface area (TPSA) is 49.9 Å². The number of pyridine rings is 1. The average Bonchev–Trinajstić information content (AvgIpc) is 3.44. The molecule has 1 aliphatic carbocycles. The second-order valence-corrected chi connectivity index (χ2v) is 8.46. The van der Waals surface area contributed by atoms with E-state index in [-0.39, 0.29) is 5.75 Å². The third-order valence-corrected chi connectivity index (χ3v) is 6.07. The molecule has 0 amide bonds. The third-order valence-electron chi connectivity index (χ3n) is 4.91. The first kappa shape index (κ1) is 18.9. The quantitative estimate of drug-likeness (QED) is 0.334. The highest BCUT2D eigenvalue weighted by Gasteiger charge is 2.22. The fourth-order valence-electron chi connectivity index (χ4n) is 3.30. The van der Waals surface area contributed by atoms with Gasteiger partial charge in [-0.2, -0.15) is 0 Å². The Morgan fingerprint density at radius 3 is 2.67 bits per heavy atom. The summed E-state index contributed by atoms with van der Waals surface area (Å²) in [5.74, 6) is -0.932. The van der Waals surface area contributed by atoms with Crippen LogP contribution in [0.15, 0.2) is 54.7 Å². The van der Waals surface area contributed by atoms with E-state index in [1.165, 1.54) is 25.0 Å². The molecule has 0 spiro atoms. The van der Waals surface area contributed by atoms with Crippen molar-refractivity contribution in [1.82, 2.24) is 9.97 Å². The van der Waals surface area contributed by atoms with E-state index in [0.717, 1.165) is 39.6 Å². The number of anilines is 1. The molecule has 2 heterocycles. The Balaban J connectivity index is 1.61. The highest BCUT2D eigenvalue weighted by molar-refractivity contribution is 8.01. The van der Waals surface area contributed by atoms with Gasteiger partial charge in [-0.3, -0.25) is 0 Å². The van der Waals surface area contributed by atoms with Crippen LogP contribution < -0.4 is 9.46 Å². The molecular formula is C23H19F2N3OS. The zero-order valence-electron chi connectivity index (χ0n) is 16.2. The minimum Gasteiger partial charge on any atom is -0.454 e. The molecule has 0 aliphatic heterocycles. The van der Waals surface area contributed by atoms with Crippen molar-refractivity contribution in [2.75, 3.05) is 4.72 Å². The lowest BCUT2D eigenvalue weighted by atomic mass is 10.0. The van der Waals surface area contributed by atoms with E-state index in [9.17, 15) is 8.78 Å². The summed E-state index contributed by atoms with van der Waals surface area (Å²) in [6.45, 7) is 1.93. The Labute approximate surface area is 176 Å². The van der Waals surface area contributed by atoms with E-state index in [0.29, 0.717) is 11.0 Å². The van der Waals surface area contributed by atoms with E-state index in [2.05, 4.69) is 14.7 Å². The largest absolute Gasteiger partial charge is 0.454 e. The minimum atomic E-state index is -0.745. The summed E-state index contributed by atoms with van der Waals surface area (Å²) in [7, 11) is 0. The van der Waals surface area contributed by atoms with Crippen molar-refractivity contribution in [3.8, 4) is 22.6 Å². The number of hydrogen-bond acceptors (Lipinski definition) is 4. The number of hydrogen-bond donors (Lipinski definition) is 2. The Kier molecular flexibility index (Phi) is 4.83. The van der Waals surface area contributed by atoms with Gasteiger partial charge in [0.1, 0.15) is 17.2 Å². The fourth-order valence-corrected chi connectivity index (χ4v) is 4.10. The summed E-state index contributed by atoms with van der Waals surface area (Å²) in [6, 6.07) is 12.9. The van der Waals surface area contributed by atoms with Gasteiger partial charge >= 0.3 is 0 Å². The van der Waals surface area contributed by atoms with Gasteiger partial charge < -0.3 is 14.4 Å². The molecule has 152 valence electrons. The molecule has 7 heteroatoms. The SMILES string of the molecule is Cc1cc(-c2cc(NSC3CC3)ccc2Oc2ccc(F)cc2F)c2cc[nH]c2n1. The number of H-pyrrole nitrogens is 1.